The smallest absolute Gasteiger partial charge is 0.0746 e. The SMILES string of the molecule is C=NC1=C(C)CCC(C)=C1SCC. The first-order chi connectivity index (χ1) is 6.20. The van der Waals surface area contributed by atoms with E-state index >= 15 is 0 Å². The zero-order chi connectivity index (χ0) is 9.84. The van der Waals surface area contributed by atoms with Crippen LogP contribution in [0.15, 0.2) is 26.7 Å². The summed E-state index contributed by atoms with van der Waals surface area (Å²) >= 11 is 1.88. The third-order valence-corrected chi connectivity index (χ3v) is 3.45. The van der Waals surface area contributed by atoms with Gasteiger partial charge >= 0.3 is 0 Å². The van der Waals surface area contributed by atoms with Gasteiger partial charge in [-0.25, -0.2) is 0 Å². The summed E-state index contributed by atoms with van der Waals surface area (Å²) in [6.45, 7) is 10.2. The Morgan fingerprint density at radius 1 is 1.31 bits per heavy atom. The molecular weight excluding hydrogens is 178 g/mol. The molecule has 0 atom stereocenters. The quantitative estimate of drug-likeness (QED) is 0.624. The Hall–Kier alpha value is -0.500. The maximum atomic E-state index is 4.13. The Bertz CT molecular complexity index is 274. The van der Waals surface area contributed by atoms with Gasteiger partial charge in [0.15, 0.2) is 0 Å². The minimum Gasteiger partial charge on any atom is -0.264 e. The molecule has 0 fully saturated rings. The van der Waals surface area contributed by atoms with Gasteiger partial charge in [-0.15, -0.1) is 11.8 Å². The molecule has 0 saturated carbocycles. The van der Waals surface area contributed by atoms with Crippen LogP contribution in [0.3, 0.4) is 0 Å². The standard InChI is InChI=1S/C11H17NS/c1-5-13-11-9(3)7-6-8(2)10(11)12-4/h4-7H2,1-3H3. The van der Waals surface area contributed by atoms with Gasteiger partial charge in [-0.05, 0) is 44.7 Å². The van der Waals surface area contributed by atoms with E-state index in [4.69, 9.17) is 0 Å². The zero-order valence-corrected chi connectivity index (χ0v) is 9.50. The van der Waals surface area contributed by atoms with Gasteiger partial charge in [0.2, 0.25) is 0 Å². The lowest BCUT2D eigenvalue weighted by atomic mass is 9.98. The third kappa shape index (κ3) is 2.25. The maximum absolute atomic E-state index is 4.13. The second-order valence-electron chi connectivity index (χ2n) is 3.33. The van der Waals surface area contributed by atoms with Crippen LogP contribution in [0.4, 0.5) is 0 Å². The predicted molar refractivity (Wildman–Crippen MR) is 62.3 cm³/mol. The predicted octanol–water partition coefficient (Wildman–Crippen LogP) is 3.78. The summed E-state index contributed by atoms with van der Waals surface area (Å²) in [6.07, 6.45) is 2.33. The van der Waals surface area contributed by atoms with Crippen LogP contribution in [0, 0.1) is 0 Å². The number of allylic oxidation sites excluding steroid dienone is 2. The van der Waals surface area contributed by atoms with Crippen molar-refractivity contribution in [3.63, 3.8) is 0 Å². The Morgan fingerprint density at radius 3 is 2.46 bits per heavy atom. The molecule has 1 aliphatic carbocycles. The molecule has 1 aliphatic rings. The number of rotatable bonds is 3. The summed E-state index contributed by atoms with van der Waals surface area (Å²) in [5, 5.41) is 0. The average Bonchev–Trinajstić information content (AvgIpc) is 2.12. The molecule has 0 saturated heterocycles. The molecular formula is C11H17NS. The highest BCUT2D eigenvalue weighted by Crippen LogP contribution is 2.37. The number of hydrogen-bond acceptors (Lipinski definition) is 2. The second-order valence-corrected chi connectivity index (χ2v) is 4.60. The van der Waals surface area contributed by atoms with Gasteiger partial charge < -0.3 is 0 Å². The summed E-state index contributed by atoms with van der Waals surface area (Å²) in [5.41, 5.74) is 3.99. The summed E-state index contributed by atoms with van der Waals surface area (Å²) in [5.74, 6) is 1.11. The van der Waals surface area contributed by atoms with Crippen LogP contribution in [0.2, 0.25) is 0 Å². The van der Waals surface area contributed by atoms with Crippen molar-refractivity contribution in [1.82, 2.24) is 0 Å². The lowest BCUT2D eigenvalue weighted by molar-refractivity contribution is 0.878. The minimum atomic E-state index is 1.11. The van der Waals surface area contributed by atoms with E-state index in [0.717, 1.165) is 17.9 Å². The fourth-order valence-electron chi connectivity index (χ4n) is 1.55. The van der Waals surface area contributed by atoms with Crippen molar-refractivity contribution in [2.24, 2.45) is 4.99 Å². The van der Waals surface area contributed by atoms with Gasteiger partial charge in [-0.1, -0.05) is 12.5 Å². The summed E-state index contributed by atoms with van der Waals surface area (Å²) in [6, 6.07) is 0. The van der Waals surface area contributed by atoms with Gasteiger partial charge in [0.25, 0.3) is 0 Å². The molecule has 0 N–H and O–H groups in total. The molecule has 0 radical (unpaired) electrons. The van der Waals surface area contributed by atoms with Gasteiger partial charge in [-0.2, -0.15) is 0 Å². The topological polar surface area (TPSA) is 12.4 Å². The molecule has 0 heterocycles. The maximum Gasteiger partial charge on any atom is 0.0746 e. The van der Waals surface area contributed by atoms with E-state index < -0.39 is 0 Å². The lowest BCUT2D eigenvalue weighted by Crippen LogP contribution is -1.99. The first-order valence-electron chi connectivity index (χ1n) is 4.70. The first-order valence-corrected chi connectivity index (χ1v) is 5.68. The van der Waals surface area contributed by atoms with E-state index in [9.17, 15) is 0 Å². The number of nitrogens with zero attached hydrogens (tertiary/aromatic N) is 1. The van der Waals surface area contributed by atoms with Gasteiger partial charge in [0, 0.05) is 4.91 Å². The molecule has 0 spiro atoms. The van der Waals surface area contributed by atoms with E-state index in [2.05, 4.69) is 32.5 Å². The highest BCUT2D eigenvalue weighted by molar-refractivity contribution is 8.03. The van der Waals surface area contributed by atoms with Crippen molar-refractivity contribution >= 4 is 18.5 Å². The van der Waals surface area contributed by atoms with Crippen molar-refractivity contribution in [1.29, 1.82) is 0 Å². The molecule has 0 amide bonds. The highest BCUT2D eigenvalue weighted by atomic mass is 32.2. The molecule has 0 bridgehead atoms. The Morgan fingerprint density at radius 2 is 1.92 bits per heavy atom. The molecule has 2 heteroatoms. The molecule has 0 aromatic carbocycles. The molecule has 1 rings (SSSR count). The minimum absolute atomic E-state index is 1.11. The van der Waals surface area contributed by atoms with Crippen molar-refractivity contribution in [3.05, 3.63) is 21.7 Å². The van der Waals surface area contributed by atoms with Crippen molar-refractivity contribution in [2.45, 2.75) is 33.6 Å². The van der Waals surface area contributed by atoms with Crippen molar-refractivity contribution in [2.75, 3.05) is 5.75 Å². The molecule has 0 unspecified atom stereocenters. The largest absolute Gasteiger partial charge is 0.264 e. The Balaban J connectivity index is 3.02. The summed E-state index contributed by atoms with van der Waals surface area (Å²) < 4.78 is 0. The van der Waals surface area contributed by atoms with Crippen LogP contribution in [-0.4, -0.2) is 12.5 Å². The van der Waals surface area contributed by atoms with E-state index in [1.54, 1.807) is 0 Å². The fourth-order valence-corrected chi connectivity index (χ4v) is 2.56. The van der Waals surface area contributed by atoms with Gasteiger partial charge in [-0.3, -0.25) is 4.99 Å². The number of hydrogen-bond donors (Lipinski definition) is 0. The highest BCUT2D eigenvalue weighted by Gasteiger charge is 2.15. The zero-order valence-electron chi connectivity index (χ0n) is 8.68. The molecule has 0 aromatic rings. The van der Waals surface area contributed by atoms with Crippen LogP contribution >= 0.6 is 11.8 Å². The Kier molecular flexibility index (Phi) is 3.79. The van der Waals surface area contributed by atoms with Crippen LogP contribution in [0.25, 0.3) is 0 Å². The summed E-state index contributed by atoms with van der Waals surface area (Å²) in [4.78, 5) is 5.49. The van der Waals surface area contributed by atoms with E-state index in [1.807, 2.05) is 11.8 Å². The van der Waals surface area contributed by atoms with Crippen LogP contribution < -0.4 is 0 Å². The lowest BCUT2D eigenvalue weighted by Gasteiger charge is -2.19. The molecule has 1 nitrogen and oxygen atoms in total. The Labute approximate surface area is 85.0 Å². The van der Waals surface area contributed by atoms with Crippen LogP contribution in [0.5, 0.6) is 0 Å². The second kappa shape index (κ2) is 4.66. The molecule has 72 valence electrons. The average molecular weight is 195 g/mol. The monoisotopic (exact) mass is 195 g/mol. The van der Waals surface area contributed by atoms with Gasteiger partial charge in [0.1, 0.15) is 0 Å². The van der Waals surface area contributed by atoms with Crippen molar-refractivity contribution in [3.8, 4) is 0 Å². The molecule has 0 aliphatic heterocycles. The molecule has 13 heavy (non-hydrogen) atoms. The van der Waals surface area contributed by atoms with Crippen LogP contribution in [-0.2, 0) is 0 Å². The van der Waals surface area contributed by atoms with E-state index in [0.29, 0.717) is 0 Å². The number of thioether (sulfide) groups is 1. The van der Waals surface area contributed by atoms with E-state index in [1.165, 1.54) is 22.5 Å². The van der Waals surface area contributed by atoms with E-state index in [-0.39, 0.29) is 0 Å². The third-order valence-electron chi connectivity index (χ3n) is 2.33. The fraction of sp³-hybridized carbons (Fsp3) is 0.545. The first kappa shape index (κ1) is 10.6. The normalized spacial score (nSPS) is 18.1. The molecule has 0 aromatic heterocycles. The van der Waals surface area contributed by atoms with Crippen molar-refractivity contribution < 1.29 is 0 Å². The summed E-state index contributed by atoms with van der Waals surface area (Å²) in [7, 11) is 0. The van der Waals surface area contributed by atoms with Gasteiger partial charge in [0.05, 0.1) is 5.70 Å². The number of aliphatic imine (C=N–C) groups is 1. The van der Waals surface area contributed by atoms with Crippen LogP contribution in [0.1, 0.15) is 33.6 Å².